The lowest BCUT2D eigenvalue weighted by Gasteiger charge is -2.16. The van der Waals surface area contributed by atoms with Crippen LogP contribution in [0.5, 0.6) is 11.5 Å². The van der Waals surface area contributed by atoms with Crippen LogP contribution in [0, 0.1) is 13.8 Å². The lowest BCUT2D eigenvalue weighted by Crippen LogP contribution is -2.39. The highest BCUT2D eigenvalue weighted by Gasteiger charge is 2.15. The molecule has 0 radical (unpaired) electrons. The molecule has 0 bridgehead atoms. The molecule has 2 amide bonds. The first-order chi connectivity index (χ1) is 13.8. The van der Waals surface area contributed by atoms with Gasteiger partial charge in [0.15, 0.2) is 12.2 Å². The van der Waals surface area contributed by atoms with Gasteiger partial charge in [0.05, 0.1) is 0 Å². The zero-order chi connectivity index (χ0) is 21.2. The number of hydrogen-bond donors (Lipinski definition) is 2. The van der Waals surface area contributed by atoms with Crippen molar-refractivity contribution in [2.24, 2.45) is 0 Å². The van der Waals surface area contributed by atoms with Gasteiger partial charge in [-0.15, -0.1) is 0 Å². The second-order valence-corrected chi connectivity index (χ2v) is 7.08. The summed E-state index contributed by atoms with van der Waals surface area (Å²) in [5, 5.41) is 5.63. The van der Waals surface area contributed by atoms with Gasteiger partial charge in [-0.3, -0.25) is 9.59 Å². The minimum absolute atomic E-state index is 0.187. The molecule has 6 nitrogen and oxygen atoms in total. The normalized spacial score (nSPS) is 12.6. The number of carbonyl (C=O) groups is 2. The average molecular weight is 399 g/mol. The van der Waals surface area contributed by atoms with Gasteiger partial charge in [0, 0.05) is 13.1 Å². The summed E-state index contributed by atoms with van der Waals surface area (Å²) in [5.74, 6) is 0.946. The molecule has 0 spiro atoms. The summed E-state index contributed by atoms with van der Waals surface area (Å²) in [5.41, 5.74) is 2.27. The van der Waals surface area contributed by atoms with Crippen LogP contribution in [0.25, 0.3) is 0 Å². The smallest absolute Gasteiger partial charge is 0.260 e. The van der Waals surface area contributed by atoms with Crippen molar-refractivity contribution in [1.82, 2.24) is 10.6 Å². The number of hydrogen-bond acceptors (Lipinski definition) is 4. The van der Waals surface area contributed by atoms with Gasteiger partial charge in [-0.2, -0.15) is 0 Å². The van der Waals surface area contributed by atoms with Crippen molar-refractivity contribution in [2.75, 3.05) is 13.1 Å². The number of rotatable bonds is 10. The largest absolute Gasteiger partial charge is 0.481 e. The van der Waals surface area contributed by atoms with Crippen molar-refractivity contribution in [3.8, 4) is 11.5 Å². The summed E-state index contributed by atoms with van der Waals surface area (Å²) < 4.78 is 11.2. The number of aryl methyl sites for hydroxylation is 2. The number of ether oxygens (including phenoxy) is 2. The molecule has 0 saturated carbocycles. The first-order valence-electron chi connectivity index (χ1n) is 9.87. The van der Waals surface area contributed by atoms with Gasteiger partial charge >= 0.3 is 0 Å². The second kappa shape index (κ2) is 11.1. The number of carbonyl (C=O) groups excluding carboxylic acids is 2. The van der Waals surface area contributed by atoms with E-state index in [2.05, 4.69) is 10.6 Å². The number of benzene rings is 2. The van der Waals surface area contributed by atoms with Crippen LogP contribution >= 0.6 is 0 Å². The molecule has 2 rings (SSSR count). The van der Waals surface area contributed by atoms with Crippen molar-refractivity contribution in [1.29, 1.82) is 0 Å². The molecule has 0 aliphatic carbocycles. The SMILES string of the molecule is Cc1ccc(OC(C)C(=O)NCCCNC(=O)C(C)Oc2ccc(C)cc2)cc1. The minimum atomic E-state index is -0.588. The Morgan fingerprint density at radius 1 is 0.724 bits per heavy atom. The predicted molar refractivity (Wildman–Crippen MR) is 113 cm³/mol. The minimum Gasteiger partial charge on any atom is -0.481 e. The fourth-order valence-corrected chi connectivity index (χ4v) is 2.55. The highest BCUT2D eigenvalue weighted by molar-refractivity contribution is 5.81. The molecule has 0 saturated heterocycles. The Hall–Kier alpha value is -3.02. The van der Waals surface area contributed by atoms with Gasteiger partial charge in [0.1, 0.15) is 11.5 Å². The third-order valence-corrected chi connectivity index (χ3v) is 4.36. The summed E-state index contributed by atoms with van der Waals surface area (Å²) in [7, 11) is 0. The van der Waals surface area contributed by atoms with Crippen molar-refractivity contribution < 1.29 is 19.1 Å². The van der Waals surface area contributed by atoms with E-state index in [1.54, 1.807) is 13.8 Å². The zero-order valence-corrected chi connectivity index (χ0v) is 17.5. The van der Waals surface area contributed by atoms with E-state index < -0.39 is 12.2 Å². The Labute approximate surface area is 172 Å². The lowest BCUT2D eigenvalue weighted by molar-refractivity contribution is -0.127. The second-order valence-electron chi connectivity index (χ2n) is 7.08. The summed E-state index contributed by atoms with van der Waals surface area (Å²) in [4.78, 5) is 24.2. The first-order valence-corrected chi connectivity index (χ1v) is 9.87. The van der Waals surface area contributed by atoms with E-state index in [4.69, 9.17) is 9.47 Å². The monoisotopic (exact) mass is 398 g/mol. The van der Waals surface area contributed by atoms with Gasteiger partial charge in [0.2, 0.25) is 0 Å². The molecule has 6 heteroatoms. The highest BCUT2D eigenvalue weighted by Crippen LogP contribution is 2.14. The summed E-state index contributed by atoms with van der Waals surface area (Å²) in [6.45, 7) is 8.31. The van der Waals surface area contributed by atoms with Crippen LogP contribution in [0.1, 0.15) is 31.4 Å². The maximum absolute atomic E-state index is 12.1. The average Bonchev–Trinajstić information content (AvgIpc) is 2.70. The predicted octanol–water partition coefficient (Wildman–Crippen LogP) is 3.16. The molecule has 2 aromatic carbocycles. The molecule has 29 heavy (non-hydrogen) atoms. The van der Waals surface area contributed by atoms with Crippen LogP contribution < -0.4 is 20.1 Å². The van der Waals surface area contributed by atoms with Crippen molar-refractivity contribution in [3.63, 3.8) is 0 Å². The van der Waals surface area contributed by atoms with Crippen molar-refractivity contribution >= 4 is 11.8 Å². The van der Waals surface area contributed by atoms with Crippen LogP contribution in [0.15, 0.2) is 48.5 Å². The van der Waals surface area contributed by atoms with Crippen molar-refractivity contribution in [3.05, 3.63) is 59.7 Å². The van der Waals surface area contributed by atoms with Gasteiger partial charge in [-0.1, -0.05) is 35.4 Å². The topological polar surface area (TPSA) is 76.7 Å². The lowest BCUT2D eigenvalue weighted by atomic mass is 10.2. The number of amides is 2. The first kappa shape index (κ1) is 22.3. The third kappa shape index (κ3) is 7.86. The maximum atomic E-state index is 12.1. The molecule has 0 heterocycles. The Morgan fingerprint density at radius 2 is 1.07 bits per heavy atom. The van der Waals surface area contributed by atoms with E-state index in [1.807, 2.05) is 62.4 Å². The van der Waals surface area contributed by atoms with Gasteiger partial charge in [0.25, 0.3) is 11.8 Å². The van der Waals surface area contributed by atoms with Gasteiger partial charge in [-0.05, 0) is 58.4 Å². The molecule has 0 fully saturated rings. The summed E-state index contributed by atoms with van der Waals surface area (Å²) in [6, 6.07) is 15.1. The molecule has 2 atom stereocenters. The molecular formula is C23H30N2O4. The van der Waals surface area contributed by atoms with Crippen LogP contribution in [-0.4, -0.2) is 37.1 Å². The van der Waals surface area contributed by atoms with E-state index >= 15 is 0 Å². The van der Waals surface area contributed by atoms with Gasteiger partial charge < -0.3 is 20.1 Å². The standard InChI is InChI=1S/C23H30N2O4/c1-16-6-10-20(11-7-16)28-18(3)22(26)24-14-5-15-25-23(27)19(4)29-21-12-8-17(2)9-13-21/h6-13,18-19H,5,14-15H2,1-4H3,(H,24,26)(H,25,27). The summed E-state index contributed by atoms with van der Waals surface area (Å²) in [6.07, 6.45) is -0.558. The molecule has 0 aliphatic rings. The summed E-state index contributed by atoms with van der Waals surface area (Å²) >= 11 is 0. The molecule has 156 valence electrons. The van der Waals surface area contributed by atoms with Crippen LogP contribution in [-0.2, 0) is 9.59 Å². The highest BCUT2D eigenvalue weighted by atomic mass is 16.5. The van der Waals surface area contributed by atoms with E-state index in [-0.39, 0.29) is 11.8 Å². The van der Waals surface area contributed by atoms with E-state index in [9.17, 15) is 9.59 Å². The number of nitrogens with one attached hydrogen (secondary N) is 2. The molecule has 2 unspecified atom stereocenters. The quantitative estimate of drug-likeness (QED) is 0.603. The zero-order valence-electron chi connectivity index (χ0n) is 17.5. The molecular weight excluding hydrogens is 368 g/mol. The molecule has 2 N–H and O–H groups in total. The van der Waals surface area contributed by atoms with Gasteiger partial charge in [-0.25, -0.2) is 0 Å². The molecule has 2 aromatic rings. The molecule has 0 aromatic heterocycles. The van der Waals surface area contributed by atoms with E-state index in [1.165, 1.54) is 0 Å². The molecule has 0 aliphatic heterocycles. The Morgan fingerprint density at radius 3 is 1.41 bits per heavy atom. The fraction of sp³-hybridized carbons (Fsp3) is 0.391. The maximum Gasteiger partial charge on any atom is 0.260 e. The van der Waals surface area contributed by atoms with E-state index in [0.29, 0.717) is 31.0 Å². The van der Waals surface area contributed by atoms with Crippen LogP contribution in [0.3, 0.4) is 0 Å². The van der Waals surface area contributed by atoms with Crippen molar-refractivity contribution in [2.45, 2.75) is 46.3 Å². The Kier molecular flexibility index (Phi) is 8.52. The van der Waals surface area contributed by atoms with Crippen LogP contribution in [0.2, 0.25) is 0 Å². The fourth-order valence-electron chi connectivity index (χ4n) is 2.55. The Bertz CT molecular complexity index is 720. The van der Waals surface area contributed by atoms with E-state index in [0.717, 1.165) is 11.1 Å². The Balaban J connectivity index is 1.61. The third-order valence-electron chi connectivity index (χ3n) is 4.36. The van der Waals surface area contributed by atoms with Crippen LogP contribution in [0.4, 0.5) is 0 Å².